The van der Waals surface area contributed by atoms with Gasteiger partial charge in [-0.05, 0) is 31.3 Å². The van der Waals surface area contributed by atoms with E-state index < -0.39 is 8.38 Å². The molecule has 0 amide bonds. The van der Waals surface area contributed by atoms with Crippen molar-refractivity contribution in [3.63, 3.8) is 0 Å². The van der Waals surface area contributed by atoms with Crippen LogP contribution in [-0.2, 0) is 9.05 Å². The second-order valence-electron chi connectivity index (χ2n) is 2.85. The first-order valence-electron chi connectivity index (χ1n) is 5.15. The minimum atomic E-state index is -0.865. The van der Waals surface area contributed by atoms with Gasteiger partial charge in [0.25, 0.3) is 0 Å². The van der Waals surface area contributed by atoms with Crippen LogP contribution in [0.2, 0.25) is 0 Å². The van der Waals surface area contributed by atoms with Crippen molar-refractivity contribution in [2.75, 3.05) is 13.2 Å². The molecule has 0 spiro atoms. The lowest BCUT2D eigenvalue weighted by atomic mass is 10.2. The maximum absolute atomic E-state index is 5.46. The molecule has 2 nitrogen and oxygen atoms in total. The van der Waals surface area contributed by atoms with E-state index in [4.69, 9.17) is 9.05 Å². The lowest BCUT2D eigenvalue weighted by Gasteiger charge is -2.10. The third kappa shape index (κ3) is 6.07. The Morgan fingerprint density at radius 2 is 1.62 bits per heavy atom. The van der Waals surface area contributed by atoms with Crippen molar-refractivity contribution in [1.82, 2.24) is 0 Å². The zero-order valence-electron chi connectivity index (χ0n) is 9.80. The van der Waals surface area contributed by atoms with Gasteiger partial charge in [0, 0.05) is 8.41 Å². The van der Waals surface area contributed by atoms with Gasteiger partial charge in [0.15, 0.2) is 8.38 Å². The molecule has 16 heavy (non-hydrogen) atoms. The minimum Gasteiger partial charge on any atom is -0.331 e. The molecule has 1 aromatic rings. The van der Waals surface area contributed by atoms with Gasteiger partial charge in [-0.25, -0.2) is 0 Å². The Bertz CT molecular complexity index is 284. The lowest BCUT2D eigenvalue weighted by molar-refractivity contribution is 0.277. The van der Waals surface area contributed by atoms with Crippen LogP contribution in [0.4, 0.5) is 0 Å². The fraction of sp³-hybridized carbons (Fsp3) is 0.333. The normalized spacial score (nSPS) is 10.7. The summed E-state index contributed by atoms with van der Waals surface area (Å²) in [5.74, 6) is 2.00. The highest BCUT2D eigenvalue weighted by molar-refractivity contribution is 7.51. The van der Waals surface area contributed by atoms with Crippen molar-refractivity contribution >= 4 is 22.9 Å². The zero-order chi connectivity index (χ0) is 10.9. The van der Waals surface area contributed by atoms with Crippen molar-refractivity contribution in [3.8, 4) is 0 Å². The maximum Gasteiger partial charge on any atom is 0.197 e. The molecule has 3 radical (unpaired) electrons. The Morgan fingerprint density at radius 3 is 2.12 bits per heavy atom. The molecule has 0 bridgehead atoms. The highest BCUT2D eigenvalue weighted by Crippen LogP contribution is 2.40. The van der Waals surface area contributed by atoms with Crippen LogP contribution in [0, 0.1) is 0 Å². The van der Waals surface area contributed by atoms with E-state index >= 15 is 0 Å². The van der Waals surface area contributed by atoms with Gasteiger partial charge in [-0.3, -0.25) is 0 Å². The van der Waals surface area contributed by atoms with Gasteiger partial charge in [-0.1, -0.05) is 30.3 Å². The summed E-state index contributed by atoms with van der Waals surface area (Å²) in [7, 11) is -0.865. The quantitative estimate of drug-likeness (QED) is 0.553. The molecule has 1 rings (SSSR count). The van der Waals surface area contributed by atoms with Crippen molar-refractivity contribution in [2.45, 2.75) is 13.8 Å². The Balaban J connectivity index is 0.00000225. The molecule has 0 atom stereocenters. The summed E-state index contributed by atoms with van der Waals surface area (Å²) < 4.78 is 10.9. The van der Waals surface area contributed by atoms with Crippen molar-refractivity contribution in [3.05, 3.63) is 41.7 Å². The van der Waals surface area contributed by atoms with Crippen molar-refractivity contribution in [1.29, 1.82) is 0 Å². The standard InChI is InChI=1S/C12H17O2P.B/c1-3-13-15(14-4-2)11-10-12-8-6-5-7-9-12;/h5-11H,3-4H2,1-2H3;/b11-10+;. The number of hydrogen-bond acceptors (Lipinski definition) is 2. The molecule has 0 unspecified atom stereocenters. The predicted octanol–water partition coefficient (Wildman–Crippen LogP) is 3.66. The zero-order valence-corrected chi connectivity index (χ0v) is 10.7. The third-order valence-electron chi connectivity index (χ3n) is 1.70. The SMILES string of the molecule is CCOP(/C=C/c1ccccc1)OCC.[B]. The first-order valence-corrected chi connectivity index (χ1v) is 6.39. The van der Waals surface area contributed by atoms with E-state index in [9.17, 15) is 0 Å². The molecular formula is C12H17BO2P. The number of benzene rings is 1. The average molecular weight is 235 g/mol. The lowest BCUT2D eigenvalue weighted by Crippen LogP contribution is -1.87. The Morgan fingerprint density at radius 1 is 1.06 bits per heavy atom. The summed E-state index contributed by atoms with van der Waals surface area (Å²) in [6.07, 6.45) is 2.04. The van der Waals surface area contributed by atoms with Crippen molar-refractivity contribution < 1.29 is 9.05 Å². The highest BCUT2D eigenvalue weighted by Gasteiger charge is 2.02. The van der Waals surface area contributed by atoms with Gasteiger partial charge in [-0.2, -0.15) is 0 Å². The second-order valence-corrected chi connectivity index (χ2v) is 4.23. The van der Waals surface area contributed by atoms with Gasteiger partial charge in [-0.15, -0.1) is 0 Å². The first-order chi connectivity index (χ1) is 7.36. The fourth-order valence-corrected chi connectivity index (χ4v) is 2.14. The maximum atomic E-state index is 5.46. The number of rotatable bonds is 6. The Hall–Kier alpha value is -0.625. The molecule has 0 N–H and O–H groups in total. The van der Waals surface area contributed by atoms with Gasteiger partial charge < -0.3 is 9.05 Å². The summed E-state index contributed by atoms with van der Waals surface area (Å²) >= 11 is 0. The molecule has 0 saturated heterocycles. The van der Waals surface area contributed by atoms with E-state index in [0.717, 1.165) is 0 Å². The van der Waals surface area contributed by atoms with Crippen LogP contribution >= 0.6 is 8.38 Å². The van der Waals surface area contributed by atoms with Crippen LogP contribution in [0.3, 0.4) is 0 Å². The predicted molar refractivity (Wildman–Crippen MR) is 71.4 cm³/mol. The third-order valence-corrected chi connectivity index (χ3v) is 3.12. The van der Waals surface area contributed by atoms with Crippen LogP contribution < -0.4 is 0 Å². The second kappa shape index (κ2) is 9.59. The smallest absolute Gasteiger partial charge is 0.197 e. The molecule has 0 aliphatic heterocycles. The van der Waals surface area contributed by atoms with E-state index in [1.165, 1.54) is 5.56 Å². The van der Waals surface area contributed by atoms with Gasteiger partial charge in [0.2, 0.25) is 0 Å². The fourth-order valence-electron chi connectivity index (χ4n) is 1.09. The molecule has 85 valence electrons. The minimum absolute atomic E-state index is 0. The summed E-state index contributed by atoms with van der Waals surface area (Å²) in [5.41, 5.74) is 1.17. The van der Waals surface area contributed by atoms with Crippen LogP contribution in [0.25, 0.3) is 6.08 Å². The van der Waals surface area contributed by atoms with Crippen molar-refractivity contribution in [2.24, 2.45) is 0 Å². The molecule has 0 aliphatic carbocycles. The van der Waals surface area contributed by atoms with Crippen LogP contribution in [0.15, 0.2) is 36.1 Å². The summed E-state index contributed by atoms with van der Waals surface area (Å²) in [5, 5.41) is 0. The van der Waals surface area contributed by atoms with E-state index in [1.807, 2.05) is 43.9 Å². The molecule has 0 fully saturated rings. The molecule has 4 heteroatoms. The summed E-state index contributed by atoms with van der Waals surface area (Å²) in [4.78, 5) is 0. The molecular weight excluding hydrogens is 218 g/mol. The highest BCUT2D eigenvalue weighted by atomic mass is 31.2. The van der Waals surface area contributed by atoms with Gasteiger partial charge in [0.05, 0.1) is 13.2 Å². The monoisotopic (exact) mass is 235 g/mol. The van der Waals surface area contributed by atoms with E-state index in [1.54, 1.807) is 0 Å². The van der Waals surface area contributed by atoms with Gasteiger partial charge >= 0.3 is 0 Å². The summed E-state index contributed by atoms with van der Waals surface area (Å²) in [6, 6.07) is 10.2. The van der Waals surface area contributed by atoms with Crippen LogP contribution in [0.5, 0.6) is 0 Å². The van der Waals surface area contributed by atoms with Crippen LogP contribution in [-0.4, -0.2) is 21.6 Å². The molecule has 0 aliphatic rings. The molecule has 0 saturated carbocycles. The largest absolute Gasteiger partial charge is 0.331 e. The number of hydrogen-bond donors (Lipinski definition) is 0. The van der Waals surface area contributed by atoms with E-state index in [0.29, 0.717) is 13.2 Å². The van der Waals surface area contributed by atoms with E-state index in [-0.39, 0.29) is 8.41 Å². The van der Waals surface area contributed by atoms with E-state index in [2.05, 4.69) is 12.1 Å². The summed E-state index contributed by atoms with van der Waals surface area (Å²) in [6.45, 7) is 5.32. The molecule has 1 aromatic carbocycles. The van der Waals surface area contributed by atoms with Gasteiger partial charge in [0.1, 0.15) is 0 Å². The Kier molecular flexibility index (Phi) is 9.22. The molecule has 0 aromatic heterocycles. The molecule has 0 heterocycles. The first kappa shape index (κ1) is 15.4. The average Bonchev–Trinajstić information content (AvgIpc) is 2.28. The van der Waals surface area contributed by atoms with Crippen LogP contribution in [0.1, 0.15) is 19.4 Å². The topological polar surface area (TPSA) is 18.5 Å². The Labute approximate surface area is 101 Å².